The third-order valence-electron chi connectivity index (χ3n) is 3.68. The highest BCUT2D eigenvalue weighted by Gasteiger charge is 2.21. The molecule has 7 heteroatoms. The summed E-state index contributed by atoms with van der Waals surface area (Å²) in [6, 6.07) is 7.10. The number of likely N-dealkylation sites (N-methyl/N-ethyl adjacent to an activating group) is 1. The Bertz CT molecular complexity index is 742. The van der Waals surface area contributed by atoms with Crippen LogP contribution in [0, 0.1) is 5.41 Å². The number of carbonyl (C=O) groups excluding carboxylic acids is 1. The lowest BCUT2D eigenvalue weighted by molar-refractivity contribution is -0.131. The van der Waals surface area contributed by atoms with Crippen molar-refractivity contribution in [3.05, 3.63) is 40.9 Å². The summed E-state index contributed by atoms with van der Waals surface area (Å²) in [5.41, 5.74) is 5.96. The maximum atomic E-state index is 12.4. The van der Waals surface area contributed by atoms with Gasteiger partial charge < -0.3 is 10.6 Å². The molecule has 1 amide bonds. The van der Waals surface area contributed by atoms with Crippen molar-refractivity contribution in [3.63, 3.8) is 0 Å². The van der Waals surface area contributed by atoms with Gasteiger partial charge in [0.1, 0.15) is 6.54 Å². The second kappa shape index (κ2) is 7.57. The van der Waals surface area contributed by atoms with Crippen LogP contribution in [0.1, 0.15) is 13.8 Å². The van der Waals surface area contributed by atoms with E-state index in [-0.39, 0.29) is 35.8 Å². The van der Waals surface area contributed by atoms with Crippen molar-refractivity contribution in [1.29, 1.82) is 0 Å². The molecule has 0 aliphatic heterocycles. The molecular formula is C16H23ClN4O2. The number of amides is 1. The number of nitrogens with two attached hydrogens (primary N) is 1. The number of carbonyl (C=O) groups is 1. The van der Waals surface area contributed by atoms with Crippen LogP contribution >= 0.6 is 12.4 Å². The van der Waals surface area contributed by atoms with Crippen molar-refractivity contribution in [3.8, 4) is 0 Å². The first-order chi connectivity index (χ1) is 10.3. The Labute approximate surface area is 141 Å². The van der Waals surface area contributed by atoms with E-state index >= 15 is 0 Å². The van der Waals surface area contributed by atoms with Gasteiger partial charge in [0, 0.05) is 13.6 Å². The van der Waals surface area contributed by atoms with Crippen LogP contribution in [0.3, 0.4) is 0 Å². The van der Waals surface area contributed by atoms with Crippen molar-refractivity contribution < 1.29 is 4.79 Å². The third kappa shape index (κ3) is 4.53. The van der Waals surface area contributed by atoms with Crippen LogP contribution in [-0.2, 0) is 11.3 Å². The Kier molecular flexibility index (Phi) is 6.29. The molecule has 0 atom stereocenters. The molecule has 2 N–H and O–H groups in total. The lowest BCUT2D eigenvalue weighted by atomic mass is 9.93. The van der Waals surface area contributed by atoms with Crippen molar-refractivity contribution in [1.82, 2.24) is 14.5 Å². The highest BCUT2D eigenvalue weighted by atomic mass is 35.5. The third-order valence-corrected chi connectivity index (χ3v) is 3.68. The van der Waals surface area contributed by atoms with Gasteiger partial charge in [0.15, 0.2) is 0 Å². The fraction of sp³-hybridized carbons (Fsp3) is 0.438. The summed E-state index contributed by atoms with van der Waals surface area (Å²) in [6.45, 7) is 5.01. The molecule has 0 saturated heterocycles. The van der Waals surface area contributed by atoms with Crippen molar-refractivity contribution in [2.75, 3.05) is 20.1 Å². The van der Waals surface area contributed by atoms with E-state index in [9.17, 15) is 9.59 Å². The molecule has 23 heavy (non-hydrogen) atoms. The van der Waals surface area contributed by atoms with Crippen molar-refractivity contribution in [2.24, 2.45) is 11.1 Å². The molecule has 1 heterocycles. The van der Waals surface area contributed by atoms with Crippen molar-refractivity contribution >= 4 is 29.2 Å². The molecule has 6 nitrogen and oxygen atoms in total. The number of hydrogen-bond donors (Lipinski definition) is 1. The Morgan fingerprint density at radius 3 is 2.65 bits per heavy atom. The van der Waals surface area contributed by atoms with Crippen LogP contribution in [0.4, 0.5) is 0 Å². The number of benzene rings is 1. The molecule has 1 aromatic heterocycles. The summed E-state index contributed by atoms with van der Waals surface area (Å²) in [4.78, 5) is 30.5. The molecule has 0 bridgehead atoms. The van der Waals surface area contributed by atoms with Gasteiger partial charge in [0.05, 0.1) is 17.2 Å². The number of fused-ring (bicyclic) bond motifs is 1. The minimum absolute atomic E-state index is 0. The average Bonchev–Trinajstić information content (AvgIpc) is 2.50. The van der Waals surface area contributed by atoms with Crippen LogP contribution in [0.15, 0.2) is 35.4 Å². The molecule has 2 rings (SSSR count). The lowest BCUT2D eigenvalue weighted by Crippen LogP contribution is -2.42. The van der Waals surface area contributed by atoms with Gasteiger partial charge in [-0.15, -0.1) is 12.4 Å². The number of halogens is 1. The normalized spacial score (nSPS) is 11.1. The Hall–Kier alpha value is -1.92. The number of nitrogens with zero attached hydrogens (tertiary/aromatic N) is 3. The molecule has 0 radical (unpaired) electrons. The zero-order valence-electron chi connectivity index (χ0n) is 13.7. The first-order valence-electron chi connectivity index (χ1n) is 7.22. The molecular weight excluding hydrogens is 316 g/mol. The zero-order chi connectivity index (χ0) is 16.3. The largest absolute Gasteiger partial charge is 0.344 e. The topological polar surface area (TPSA) is 81.2 Å². The molecule has 1 aromatic carbocycles. The number of aromatic nitrogens is 2. The molecule has 0 saturated carbocycles. The van der Waals surface area contributed by atoms with E-state index in [1.807, 2.05) is 19.9 Å². The van der Waals surface area contributed by atoms with Gasteiger partial charge in [-0.2, -0.15) is 0 Å². The van der Waals surface area contributed by atoms with Gasteiger partial charge in [-0.25, -0.2) is 4.98 Å². The summed E-state index contributed by atoms with van der Waals surface area (Å²) in [5, 5.41) is 0.516. The number of hydrogen-bond acceptors (Lipinski definition) is 4. The maximum Gasteiger partial charge on any atom is 0.261 e. The van der Waals surface area contributed by atoms with Gasteiger partial charge in [0.2, 0.25) is 5.91 Å². The van der Waals surface area contributed by atoms with Crippen molar-refractivity contribution in [2.45, 2.75) is 20.4 Å². The molecule has 0 spiro atoms. The minimum Gasteiger partial charge on any atom is -0.344 e. The van der Waals surface area contributed by atoms with E-state index in [2.05, 4.69) is 4.98 Å². The Morgan fingerprint density at radius 2 is 2.00 bits per heavy atom. The predicted molar refractivity (Wildman–Crippen MR) is 93.7 cm³/mol. The maximum absolute atomic E-state index is 12.4. The van der Waals surface area contributed by atoms with E-state index in [1.54, 1.807) is 30.1 Å². The van der Waals surface area contributed by atoms with E-state index in [0.29, 0.717) is 24.0 Å². The summed E-state index contributed by atoms with van der Waals surface area (Å²) in [5.74, 6) is -0.138. The molecule has 2 aromatic rings. The SMILES string of the molecule is CN(CC(C)(C)CN)C(=O)Cn1cnc2ccccc2c1=O.Cl. The highest BCUT2D eigenvalue weighted by molar-refractivity contribution is 5.85. The smallest absolute Gasteiger partial charge is 0.261 e. The predicted octanol–water partition coefficient (Wildman–Crippen LogP) is 1.26. The number of para-hydroxylation sites is 1. The van der Waals surface area contributed by atoms with Gasteiger partial charge in [-0.05, 0) is 24.1 Å². The second-order valence-electron chi connectivity index (χ2n) is 6.31. The van der Waals surface area contributed by atoms with Gasteiger partial charge in [0.25, 0.3) is 5.56 Å². The van der Waals surface area contributed by atoms with Crippen LogP contribution in [0.5, 0.6) is 0 Å². The summed E-state index contributed by atoms with van der Waals surface area (Å²) < 4.78 is 1.34. The first-order valence-corrected chi connectivity index (χ1v) is 7.22. The second-order valence-corrected chi connectivity index (χ2v) is 6.31. The highest BCUT2D eigenvalue weighted by Crippen LogP contribution is 2.14. The number of rotatable bonds is 5. The summed E-state index contributed by atoms with van der Waals surface area (Å²) in [7, 11) is 1.72. The molecule has 0 unspecified atom stereocenters. The van der Waals surface area contributed by atoms with Gasteiger partial charge >= 0.3 is 0 Å². The minimum atomic E-state index is -0.203. The summed E-state index contributed by atoms with van der Waals surface area (Å²) >= 11 is 0. The van der Waals surface area contributed by atoms with Crippen LogP contribution in [0.25, 0.3) is 10.9 Å². The monoisotopic (exact) mass is 338 g/mol. The van der Waals surface area contributed by atoms with E-state index in [0.717, 1.165) is 0 Å². The van der Waals surface area contributed by atoms with Crippen LogP contribution in [-0.4, -0.2) is 40.5 Å². The molecule has 0 fully saturated rings. The lowest BCUT2D eigenvalue weighted by Gasteiger charge is -2.29. The van der Waals surface area contributed by atoms with Gasteiger partial charge in [-0.1, -0.05) is 26.0 Å². The van der Waals surface area contributed by atoms with E-state index in [1.165, 1.54) is 10.9 Å². The zero-order valence-corrected chi connectivity index (χ0v) is 14.5. The van der Waals surface area contributed by atoms with E-state index < -0.39 is 0 Å². The van der Waals surface area contributed by atoms with E-state index in [4.69, 9.17) is 5.73 Å². The Balaban J connectivity index is 0.00000264. The van der Waals surface area contributed by atoms with Crippen LogP contribution < -0.4 is 11.3 Å². The quantitative estimate of drug-likeness (QED) is 0.890. The van der Waals surface area contributed by atoms with Crippen LogP contribution in [0.2, 0.25) is 0 Å². The Morgan fingerprint density at radius 1 is 1.35 bits per heavy atom. The molecule has 0 aliphatic carbocycles. The fourth-order valence-corrected chi connectivity index (χ4v) is 2.28. The first kappa shape index (κ1) is 19.1. The molecule has 126 valence electrons. The van der Waals surface area contributed by atoms with Gasteiger partial charge in [-0.3, -0.25) is 14.2 Å². The summed E-state index contributed by atoms with van der Waals surface area (Å²) in [6.07, 6.45) is 1.42. The fourth-order valence-electron chi connectivity index (χ4n) is 2.28. The molecule has 0 aliphatic rings. The standard InChI is InChI=1S/C16H22N4O2.ClH/c1-16(2,9-17)10-19(3)14(21)8-20-11-18-13-7-5-4-6-12(13)15(20)22;/h4-7,11H,8-10,17H2,1-3H3;1H. The average molecular weight is 339 g/mol.